The fourth-order valence-electron chi connectivity index (χ4n) is 4.72. The Bertz CT molecular complexity index is 1220. The zero-order valence-electron chi connectivity index (χ0n) is 19.4. The van der Waals surface area contributed by atoms with Crippen molar-refractivity contribution in [1.29, 1.82) is 0 Å². The molecule has 0 heterocycles. The minimum absolute atomic E-state index is 0.972. The Hall–Kier alpha value is -3.33. The van der Waals surface area contributed by atoms with E-state index in [0.717, 1.165) is 5.75 Å². The van der Waals surface area contributed by atoms with Crippen molar-refractivity contribution in [1.82, 2.24) is 0 Å². The summed E-state index contributed by atoms with van der Waals surface area (Å²) in [5.74, 6) is 0.972. The van der Waals surface area contributed by atoms with Crippen molar-refractivity contribution < 1.29 is 0 Å². The summed E-state index contributed by atoms with van der Waals surface area (Å²) in [5, 5.41) is 5.65. The van der Waals surface area contributed by atoms with Gasteiger partial charge in [0.05, 0.1) is 0 Å². The van der Waals surface area contributed by atoms with Gasteiger partial charge in [-0.15, -0.1) is 11.8 Å². The molecule has 0 aromatic heterocycles. The second-order valence-corrected chi connectivity index (χ2v) is 13.5. The van der Waals surface area contributed by atoms with E-state index in [-0.39, 0.29) is 0 Å². The first-order valence-electron chi connectivity index (χ1n) is 11.7. The molecule has 5 aromatic carbocycles. The first kappa shape index (κ1) is 22.5. The van der Waals surface area contributed by atoms with Gasteiger partial charge in [-0.25, -0.2) is 0 Å². The van der Waals surface area contributed by atoms with E-state index in [1.165, 1.54) is 36.8 Å². The molecule has 0 amide bonds. The van der Waals surface area contributed by atoms with E-state index >= 15 is 0 Å². The summed E-state index contributed by atoms with van der Waals surface area (Å²) in [7, 11) is -2.42. The second kappa shape index (κ2) is 10.3. The SMILES string of the molecule is Cc1ccc(SCc2ccc([Si](c3ccccc3)(c3ccccc3)c3ccccc3)cc2)cc1. The molecule has 0 aliphatic rings. The predicted molar refractivity (Wildman–Crippen MR) is 151 cm³/mol. The van der Waals surface area contributed by atoms with Gasteiger partial charge in [0.2, 0.25) is 0 Å². The fourth-order valence-corrected chi connectivity index (χ4v) is 10.3. The van der Waals surface area contributed by atoms with Gasteiger partial charge < -0.3 is 0 Å². The molecule has 0 radical (unpaired) electrons. The molecule has 2 heteroatoms. The second-order valence-electron chi connectivity index (χ2n) is 8.65. The minimum Gasteiger partial charge on any atom is -0.121 e. The van der Waals surface area contributed by atoms with Gasteiger partial charge in [-0.05, 0) is 45.4 Å². The number of thioether (sulfide) groups is 1. The first-order valence-corrected chi connectivity index (χ1v) is 14.7. The molecule has 0 unspecified atom stereocenters. The fraction of sp³-hybridized carbons (Fsp3) is 0.0625. The van der Waals surface area contributed by atoms with Crippen molar-refractivity contribution in [3.8, 4) is 0 Å². The van der Waals surface area contributed by atoms with Gasteiger partial charge in [-0.1, -0.05) is 133 Å². The van der Waals surface area contributed by atoms with Crippen molar-refractivity contribution in [2.75, 3.05) is 0 Å². The van der Waals surface area contributed by atoms with Crippen molar-refractivity contribution in [3.05, 3.63) is 151 Å². The van der Waals surface area contributed by atoms with Crippen molar-refractivity contribution in [2.45, 2.75) is 17.6 Å². The van der Waals surface area contributed by atoms with Crippen LogP contribution in [0.3, 0.4) is 0 Å². The van der Waals surface area contributed by atoms with E-state index < -0.39 is 8.07 Å². The first-order chi connectivity index (χ1) is 16.8. The van der Waals surface area contributed by atoms with Crippen molar-refractivity contribution in [3.63, 3.8) is 0 Å². The molecule has 0 bridgehead atoms. The zero-order chi connectivity index (χ0) is 23.2. The minimum atomic E-state index is -2.42. The average Bonchev–Trinajstić information content (AvgIpc) is 2.91. The highest BCUT2D eigenvalue weighted by Gasteiger charge is 2.41. The van der Waals surface area contributed by atoms with Crippen LogP contribution in [-0.4, -0.2) is 8.07 Å². The van der Waals surface area contributed by atoms with Crippen LogP contribution in [0.5, 0.6) is 0 Å². The summed E-state index contributed by atoms with van der Waals surface area (Å²) in [6.07, 6.45) is 0. The molecule has 5 rings (SSSR count). The van der Waals surface area contributed by atoms with Gasteiger partial charge in [0, 0.05) is 10.6 Å². The molecule has 34 heavy (non-hydrogen) atoms. The van der Waals surface area contributed by atoms with E-state index in [1.807, 2.05) is 11.8 Å². The van der Waals surface area contributed by atoms with Crippen molar-refractivity contribution >= 4 is 40.6 Å². The van der Waals surface area contributed by atoms with Crippen LogP contribution in [0.15, 0.2) is 144 Å². The average molecular weight is 473 g/mol. The highest BCUT2D eigenvalue weighted by atomic mass is 32.2. The van der Waals surface area contributed by atoms with Gasteiger partial charge in [0.1, 0.15) is 0 Å². The maximum Gasteiger partial charge on any atom is 0.179 e. The van der Waals surface area contributed by atoms with E-state index in [1.54, 1.807) is 0 Å². The number of hydrogen-bond donors (Lipinski definition) is 0. The van der Waals surface area contributed by atoms with Gasteiger partial charge in [-0.3, -0.25) is 0 Å². The lowest BCUT2D eigenvalue weighted by Crippen LogP contribution is -2.74. The third-order valence-electron chi connectivity index (χ3n) is 6.43. The molecular formula is C32H28SSi. The molecule has 5 aromatic rings. The normalized spacial score (nSPS) is 11.3. The monoisotopic (exact) mass is 472 g/mol. The van der Waals surface area contributed by atoms with Crippen LogP contribution in [0.25, 0.3) is 0 Å². The largest absolute Gasteiger partial charge is 0.179 e. The third kappa shape index (κ3) is 4.52. The summed E-state index contributed by atoms with van der Waals surface area (Å²) in [4.78, 5) is 1.32. The van der Waals surface area contributed by atoms with Crippen LogP contribution in [0.1, 0.15) is 11.1 Å². The molecule has 0 atom stereocenters. The van der Waals surface area contributed by atoms with E-state index in [9.17, 15) is 0 Å². The molecular weight excluding hydrogens is 445 g/mol. The zero-order valence-corrected chi connectivity index (χ0v) is 21.2. The maximum absolute atomic E-state index is 2.42. The van der Waals surface area contributed by atoms with Crippen LogP contribution in [0, 0.1) is 6.92 Å². The molecule has 0 aliphatic carbocycles. The molecule has 0 spiro atoms. The number of aryl methyl sites for hydroxylation is 1. The van der Waals surface area contributed by atoms with Gasteiger partial charge in [0.25, 0.3) is 0 Å². The highest BCUT2D eigenvalue weighted by molar-refractivity contribution is 7.98. The number of rotatable bonds is 7. The molecule has 0 saturated carbocycles. The van der Waals surface area contributed by atoms with Crippen LogP contribution in [0.2, 0.25) is 0 Å². The number of hydrogen-bond acceptors (Lipinski definition) is 1. The van der Waals surface area contributed by atoms with Crippen LogP contribution in [-0.2, 0) is 5.75 Å². The molecule has 0 saturated heterocycles. The molecule has 0 fully saturated rings. The predicted octanol–water partition coefficient (Wildman–Crippen LogP) is 5.66. The Morgan fingerprint density at radius 1 is 0.471 bits per heavy atom. The topological polar surface area (TPSA) is 0 Å². The van der Waals surface area contributed by atoms with Crippen molar-refractivity contribution in [2.24, 2.45) is 0 Å². The smallest absolute Gasteiger partial charge is 0.121 e. The van der Waals surface area contributed by atoms with E-state index in [0.29, 0.717) is 0 Å². The van der Waals surface area contributed by atoms with Crippen LogP contribution >= 0.6 is 11.8 Å². The van der Waals surface area contributed by atoms with Crippen LogP contribution < -0.4 is 20.7 Å². The van der Waals surface area contributed by atoms with Crippen LogP contribution in [0.4, 0.5) is 0 Å². The molecule has 0 aliphatic heterocycles. The Morgan fingerprint density at radius 2 is 0.882 bits per heavy atom. The Morgan fingerprint density at radius 3 is 1.32 bits per heavy atom. The molecule has 0 N–H and O–H groups in total. The van der Waals surface area contributed by atoms with Gasteiger partial charge in [-0.2, -0.15) is 0 Å². The molecule has 0 nitrogen and oxygen atoms in total. The summed E-state index contributed by atoms with van der Waals surface area (Å²) in [5.41, 5.74) is 2.66. The third-order valence-corrected chi connectivity index (χ3v) is 12.3. The summed E-state index contributed by atoms with van der Waals surface area (Å²) < 4.78 is 0. The summed E-state index contributed by atoms with van der Waals surface area (Å²) in [6, 6.07) is 51.5. The Balaban J connectivity index is 1.59. The lowest BCUT2D eigenvalue weighted by molar-refractivity contribution is 1.35. The van der Waals surface area contributed by atoms with Gasteiger partial charge >= 0.3 is 0 Å². The Labute approximate surface area is 208 Å². The summed E-state index contributed by atoms with van der Waals surface area (Å²) >= 11 is 1.90. The highest BCUT2D eigenvalue weighted by Crippen LogP contribution is 2.23. The lowest BCUT2D eigenvalue weighted by atomic mass is 10.2. The number of benzene rings is 5. The molecule has 166 valence electrons. The quantitative estimate of drug-likeness (QED) is 0.167. The van der Waals surface area contributed by atoms with E-state index in [2.05, 4.69) is 146 Å². The maximum atomic E-state index is 2.38. The lowest BCUT2D eigenvalue weighted by Gasteiger charge is -2.34. The summed E-state index contributed by atoms with van der Waals surface area (Å²) in [6.45, 7) is 2.13. The standard InChI is InChI=1S/C32H28SSi/c1-26-17-21-28(22-18-26)33-25-27-19-23-32(24-20-27)34(29-11-5-2-6-12-29,30-13-7-3-8-14-30)31-15-9-4-10-16-31/h2-24H,25H2,1H3. The van der Waals surface area contributed by atoms with E-state index in [4.69, 9.17) is 0 Å². The van der Waals surface area contributed by atoms with Gasteiger partial charge in [0.15, 0.2) is 8.07 Å². The Kier molecular flexibility index (Phi) is 6.80.